The summed E-state index contributed by atoms with van der Waals surface area (Å²) in [5.74, 6) is -1.98. The third-order valence-electron chi connectivity index (χ3n) is 2.61. The van der Waals surface area contributed by atoms with Gasteiger partial charge in [-0.3, -0.25) is 9.12 Å². The Morgan fingerprint density at radius 1 is 1.24 bits per heavy atom. The minimum Gasteiger partial charge on any atom is -0.381 e. The van der Waals surface area contributed by atoms with Crippen LogP contribution in [0.5, 0.6) is 0 Å². The number of aromatic nitrogens is 2. The van der Waals surface area contributed by atoms with Gasteiger partial charge in [0.2, 0.25) is 5.03 Å². The minimum absolute atomic E-state index is 0.189. The number of nitrogen functional groups attached to an aromatic ring is 1. The van der Waals surface area contributed by atoms with Crippen molar-refractivity contribution in [3.63, 3.8) is 0 Å². The van der Waals surface area contributed by atoms with Crippen LogP contribution in [0.4, 0.5) is 20.3 Å². The third kappa shape index (κ3) is 2.43. The summed E-state index contributed by atoms with van der Waals surface area (Å²) in [5.41, 5.74) is 5.37. The zero-order valence-electron chi connectivity index (χ0n) is 10.2. The fourth-order valence-electron chi connectivity index (χ4n) is 1.87. The average Bonchev–Trinajstić information content (AvgIpc) is 2.85. The van der Waals surface area contributed by atoms with Crippen molar-refractivity contribution in [3.8, 4) is 0 Å². The summed E-state index contributed by atoms with van der Waals surface area (Å²) in [6.45, 7) is 0. The van der Waals surface area contributed by atoms with Crippen LogP contribution in [0.3, 0.4) is 0 Å². The first-order valence-corrected chi connectivity index (χ1v) is 7.93. The quantitative estimate of drug-likeness (QED) is 0.769. The number of nitrogens with two attached hydrogens (primary N) is 1. The molecule has 0 aliphatic heterocycles. The van der Waals surface area contributed by atoms with Gasteiger partial charge in [0.1, 0.15) is 11.6 Å². The van der Waals surface area contributed by atoms with Gasteiger partial charge >= 0.3 is 0 Å². The number of rotatable bonds is 3. The van der Waals surface area contributed by atoms with Crippen LogP contribution in [0.2, 0.25) is 0 Å². The molecule has 2 heterocycles. The van der Waals surface area contributed by atoms with Gasteiger partial charge in [0.15, 0.2) is 10.8 Å². The number of halogens is 2. The second-order valence-corrected chi connectivity index (χ2v) is 6.59. The van der Waals surface area contributed by atoms with E-state index in [-0.39, 0.29) is 16.5 Å². The number of fused-ring (bicyclic) bond motifs is 1. The molecule has 1 aromatic carbocycles. The van der Waals surface area contributed by atoms with Crippen molar-refractivity contribution in [2.24, 2.45) is 0 Å². The minimum atomic E-state index is -4.13. The number of thiazole rings is 1. The van der Waals surface area contributed by atoms with E-state index in [0.717, 1.165) is 12.1 Å². The standard InChI is InChI=1S/C11H8F2N4O2S2/c12-6-3-7(13)5-8(4-6)16-21(18,19)10-9(14)15-11-17(10)1-2-20-11/h1-5,16H,14H2. The van der Waals surface area contributed by atoms with Gasteiger partial charge in [0.25, 0.3) is 10.0 Å². The van der Waals surface area contributed by atoms with E-state index in [4.69, 9.17) is 5.73 Å². The van der Waals surface area contributed by atoms with E-state index in [1.54, 1.807) is 5.38 Å². The Hall–Kier alpha value is -2.20. The Kier molecular flexibility index (Phi) is 3.06. The molecule has 3 N–H and O–H groups in total. The molecule has 0 radical (unpaired) electrons. The van der Waals surface area contributed by atoms with Crippen LogP contribution < -0.4 is 10.5 Å². The van der Waals surface area contributed by atoms with Gasteiger partial charge in [-0.1, -0.05) is 0 Å². The Balaban J connectivity index is 2.08. The van der Waals surface area contributed by atoms with Crippen molar-refractivity contribution in [1.29, 1.82) is 0 Å². The highest BCUT2D eigenvalue weighted by Crippen LogP contribution is 2.25. The lowest BCUT2D eigenvalue weighted by Crippen LogP contribution is -2.16. The predicted octanol–water partition coefficient (Wildman–Crippen LogP) is 2.06. The molecular formula is C11H8F2N4O2S2. The van der Waals surface area contributed by atoms with Crippen LogP contribution in [0.1, 0.15) is 0 Å². The first kappa shape index (κ1) is 13.8. The van der Waals surface area contributed by atoms with E-state index in [0.29, 0.717) is 11.0 Å². The van der Waals surface area contributed by atoms with E-state index in [1.165, 1.54) is 21.9 Å². The van der Waals surface area contributed by atoms with Gasteiger partial charge in [-0.05, 0) is 12.1 Å². The second-order valence-electron chi connectivity index (χ2n) is 4.12. The molecule has 0 aliphatic rings. The van der Waals surface area contributed by atoms with E-state index >= 15 is 0 Å². The van der Waals surface area contributed by atoms with Crippen LogP contribution in [-0.4, -0.2) is 17.8 Å². The maximum atomic E-state index is 13.1. The van der Waals surface area contributed by atoms with E-state index in [1.807, 2.05) is 0 Å². The Bertz CT molecular complexity index is 913. The lowest BCUT2D eigenvalue weighted by Gasteiger charge is -2.08. The molecule has 10 heteroatoms. The maximum Gasteiger partial charge on any atom is 0.281 e. The number of sulfonamides is 1. The summed E-state index contributed by atoms with van der Waals surface area (Å²) in [6, 6.07) is 2.37. The largest absolute Gasteiger partial charge is 0.381 e. The highest BCUT2D eigenvalue weighted by Gasteiger charge is 2.25. The number of imidazole rings is 1. The van der Waals surface area contributed by atoms with E-state index in [2.05, 4.69) is 9.71 Å². The van der Waals surface area contributed by atoms with Gasteiger partial charge in [-0.25, -0.2) is 13.8 Å². The molecule has 110 valence electrons. The SMILES string of the molecule is Nc1nc2sccn2c1S(=O)(=O)Nc1cc(F)cc(F)c1. The highest BCUT2D eigenvalue weighted by molar-refractivity contribution is 7.92. The van der Waals surface area contributed by atoms with Gasteiger partial charge in [-0.2, -0.15) is 8.42 Å². The topological polar surface area (TPSA) is 89.5 Å². The molecule has 0 saturated heterocycles. The Morgan fingerprint density at radius 2 is 1.90 bits per heavy atom. The first-order valence-electron chi connectivity index (χ1n) is 5.57. The molecule has 0 fully saturated rings. The molecule has 21 heavy (non-hydrogen) atoms. The Morgan fingerprint density at radius 3 is 2.57 bits per heavy atom. The zero-order chi connectivity index (χ0) is 15.2. The number of benzene rings is 1. The molecule has 2 aromatic heterocycles. The monoisotopic (exact) mass is 330 g/mol. The van der Waals surface area contributed by atoms with Crippen LogP contribution in [0.15, 0.2) is 34.8 Å². The molecule has 6 nitrogen and oxygen atoms in total. The van der Waals surface area contributed by atoms with Crippen molar-refractivity contribution in [3.05, 3.63) is 41.4 Å². The van der Waals surface area contributed by atoms with E-state index < -0.39 is 21.7 Å². The average molecular weight is 330 g/mol. The summed E-state index contributed by atoms with van der Waals surface area (Å²) in [7, 11) is -4.13. The van der Waals surface area contributed by atoms with Gasteiger partial charge < -0.3 is 5.73 Å². The van der Waals surface area contributed by atoms with Crippen LogP contribution >= 0.6 is 11.3 Å². The number of nitrogens with one attached hydrogen (secondary N) is 1. The second kappa shape index (κ2) is 4.67. The Labute approximate surface area is 121 Å². The molecule has 0 spiro atoms. The normalized spacial score (nSPS) is 11.9. The lowest BCUT2D eigenvalue weighted by molar-refractivity contribution is 0.584. The maximum absolute atomic E-state index is 13.1. The van der Waals surface area contributed by atoms with Crippen molar-refractivity contribution in [2.75, 3.05) is 10.5 Å². The lowest BCUT2D eigenvalue weighted by atomic mass is 10.3. The fourth-order valence-corrected chi connectivity index (χ4v) is 3.90. The molecule has 0 unspecified atom stereocenters. The molecule has 0 atom stereocenters. The van der Waals surface area contributed by atoms with Gasteiger partial charge in [0, 0.05) is 17.6 Å². The number of anilines is 2. The van der Waals surface area contributed by atoms with Crippen LogP contribution in [0, 0.1) is 11.6 Å². The first-order chi connectivity index (χ1) is 9.87. The summed E-state index contributed by atoms with van der Waals surface area (Å²) in [4.78, 5) is 4.31. The van der Waals surface area contributed by atoms with Crippen molar-refractivity contribution < 1.29 is 17.2 Å². The third-order valence-corrected chi connectivity index (χ3v) is 4.79. The molecule has 0 bridgehead atoms. The molecule has 0 saturated carbocycles. The van der Waals surface area contributed by atoms with Crippen LogP contribution in [-0.2, 0) is 10.0 Å². The van der Waals surface area contributed by atoms with Crippen molar-refractivity contribution in [1.82, 2.24) is 9.38 Å². The van der Waals surface area contributed by atoms with E-state index in [9.17, 15) is 17.2 Å². The predicted molar refractivity (Wildman–Crippen MR) is 74.6 cm³/mol. The number of nitrogens with zero attached hydrogens (tertiary/aromatic N) is 2. The molecule has 0 aliphatic carbocycles. The zero-order valence-corrected chi connectivity index (χ0v) is 11.9. The summed E-state index contributed by atoms with van der Waals surface area (Å²) in [5, 5.41) is 1.37. The van der Waals surface area contributed by atoms with Gasteiger partial charge in [0.05, 0.1) is 5.69 Å². The highest BCUT2D eigenvalue weighted by atomic mass is 32.2. The molecule has 3 aromatic rings. The van der Waals surface area contributed by atoms with Crippen molar-refractivity contribution in [2.45, 2.75) is 5.03 Å². The number of hydrogen-bond acceptors (Lipinski definition) is 5. The fraction of sp³-hybridized carbons (Fsp3) is 0. The summed E-state index contributed by atoms with van der Waals surface area (Å²) in [6.07, 6.45) is 1.49. The smallest absolute Gasteiger partial charge is 0.281 e. The van der Waals surface area contributed by atoms with Crippen molar-refractivity contribution >= 4 is 37.8 Å². The molecule has 3 rings (SSSR count). The molecule has 0 amide bonds. The number of hydrogen-bond donors (Lipinski definition) is 2. The van der Waals surface area contributed by atoms with Gasteiger partial charge in [-0.15, -0.1) is 11.3 Å². The summed E-state index contributed by atoms with van der Waals surface area (Å²) >= 11 is 1.21. The van der Waals surface area contributed by atoms with Crippen LogP contribution in [0.25, 0.3) is 4.96 Å². The summed E-state index contributed by atoms with van der Waals surface area (Å²) < 4.78 is 54.2. The molecular weight excluding hydrogens is 322 g/mol.